The zero-order chi connectivity index (χ0) is 26.1. The van der Waals surface area contributed by atoms with Gasteiger partial charge in [-0.2, -0.15) is 0 Å². The molecular formula is C35H52. The highest BCUT2D eigenvalue weighted by atomic mass is 14.3. The Bertz CT molecular complexity index is 850. The van der Waals surface area contributed by atoms with Crippen molar-refractivity contribution in [2.75, 3.05) is 0 Å². The molecule has 0 atom stereocenters. The second-order valence-electron chi connectivity index (χ2n) is 10.7. The van der Waals surface area contributed by atoms with Crippen molar-refractivity contribution >= 4 is 0 Å². The predicted molar refractivity (Wildman–Crippen MR) is 160 cm³/mol. The van der Waals surface area contributed by atoms with Crippen molar-refractivity contribution < 1.29 is 0 Å². The number of hydrogen-bond donors (Lipinski definition) is 0. The molecule has 0 aromatic heterocycles. The summed E-state index contributed by atoms with van der Waals surface area (Å²) in [6, 6.07) is 8.74. The molecule has 1 aromatic rings. The van der Waals surface area contributed by atoms with Crippen LogP contribution in [-0.4, -0.2) is 0 Å². The molecule has 3 aliphatic carbocycles. The number of allylic oxidation sites excluding steroid dienone is 10. The molecule has 0 N–H and O–H groups in total. The summed E-state index contributed by atoms with van der Waals surface area (Å²) in [6.07, 6.45) is 28.0. The third kappa shape index (κ3) is 11.3. The molecule has 0 heterocycles. The first-order chi connectivity index (χ1) is 16.9. The van der Waals surface area contributed by atoms with Gasteiger partial charge in [0.05, 0.1) is 0 Å². The molecule has 0 heteroatoms. The van der Waals surface area contributed by atoms with Gasteiger partial charge in [-0.1, -0.05) is 124 Å². The molecule has 1 fully saturated rings. The van der Waals surface area contributed by atoms with Gasteiger partial charge in [0.25, 0.3) is 0 Å². The fourth-order valence-corrected chi connectivity index (χ4v) is 4.75. The van der Waals surface area contributed by atoms with Gasteiger partial charge in [0, 0.05) is 0 Å². The van der Waals surface area contributed by atoms with E-state index in [2.05, 4.69) is 95.5 Å². The van der Waals surface area contributed by atoms with E-state index in [9.17, 15) is 0 Å². The molecule has 0 nitrogen and oxygen atoms in total. The van der Waals surface area contributed by atoms with Crippen molar-refractivity contribution in [1.82, 2.24) is 0 Å². The quantitative estimate of drug-likeness (QED) is 0.281. The van der Waals surface area contributed by atoms with Crippen molar-refractivity contribution in [1.29, 1.82) is 0 Å². The van der Waals surface area contributed by atoms with Crippen molar-refractivity contribution in [3.8, 4) is 0 Å². The molecule has 4 rings (SSSR count). The van der Waals surface area contributed by atoms with E-state index in [1.54, 1.807) is 16.7 Å². The Kier molecular flexibility index (Phi) is 15.0. The number of benzene rings is 1. The molecule has 0 amide bonds. The first-order valence-corrected chi connectivity index (χ1v) is 13.8. The first kappa shape index (κ1) is 30.7. The van der Waals surface area contributed by atoms with E-state index in [0.717, 1.165) is 5.92 Å². The lowest BCUT2D eigenvalue weighted by Crippen LogP contribution is -2.10. The first-order valence-electron chi connectivity index (χ1n) is 13.8. The molecule has 3 aliphatic rings. The Morgan fingerprint density at radius 1 is 0.857 bits per heavy atom. The second kappa shape index (κ2) is 17.1. The normalized spacial score (nSPS) is 17.9. The SMILES string of the molecule is C/C=C/C.C1=CCC2=C(C=C1)C(C1CCCCCC1)=CCC2.C=C.Cc1ccc(C(C)(C)C)cc1. The van der Waals surface area contributed by atoms with E-state index in [1.807, 2.05) is 26.0 Å². The van der Waals surface area contributed by atoms with Gasteiger partial charge in [0.2, 0.25) is 0 Å². The Hall–Kier alpha value is -2.34. The van der Waals surface area contributed by atoms with Gasteiger partial charge in [-0.3, -0.25) is 0 Å². The van der Waals surface area contributed by atoms with Crippen LogP contribution in [0.1, 0.15) is 104 Å². The van der Waals surface area contributed by atoms with Crippen molar-refractivity contribution in [3.05, 3.63) is 108 Å². The van der Waals surface area contributed by atoms with Crippen LogP contribution in [0, 0.1) is 12.8 Å². The molecule has 0 spiro atoms. The van der Waals surface area contributed by atoms with Gasteiger partial charge < -0.3 is 0 Å². The van der Waals surface area contributed by atoms with Crippen LogP contribution in [0.25, 0.3) is 0 Å². The summed E-state index contributed by atoms with van der Waals surface area (Å²) in [5.41, 5.74) is 7.99. The summed E-state index contributed by atoms with van der Waals surface area (Å²) in [7, 11) is 0. The Balaban J connectivity index is 0.000000308. The minimum atomic E-state index is 0.285. The molecule has 1 saturated carbocycles. The van der Waals surface area contributed by atoms with E-state index in [4.69, 9.17) is 0 Å². The van der Waals surface area contributed by atoms with E-state index >= 15 is 0 Å². The summed E-state index contributed by atoms with van der Waals surface area (Å²) in [4.78, 5) is 0. The van der Waals surface area contributed by atoms with Gasteiger partial charge in [-0.25, -0.2) is 0 Å². The molecule has 35 heavy (non-hydrogen) atoms. The maximum Gasteiger partial charge on any atom is -0.0126 e. The van der Waals surface area contributed by atoms with E-state index in [-0.39, 0.29) is 5.41 Å². The average Bonchev–Trinajstić information content (AvgIpc) is 3.29. The fraction of sp³-hybridized carbons (Fsp3) is 0.486. The zero-order valence-electron chi connectivity index (χ0n) is 23.7. The third-order valence-electron chi connectivity index (χ3n) is 6.92. The zero-order valence-corrected chi connectivity index (χ0v) is 23.7. The highest BCUT2D eigenvalue weighted by molar-refractivity contribution is 5.49. The predicted octanol–water partition coefficient (Wildman–Crippen LogP) is 11.2. The van der Waals surface area contributed by atoms with Gasteiger partial charge in [-0.15, -0.1) is 13.2 Å². The van der Waals surface area contributed by atoms with E-state index in [0.29, 0.717) is 0 Å². The highest BCUT2D eigenvalue weighted by Crippen LogP contribution is 2.39. The van der Waals surface area contributed by atoms with Gasteiger partial charge in [0.15, 0.2) is 0 Å². The van der Waals surface area contributed by atoms with Crippen LogP contribution in [0.5, 0.6) is 0 Å². The molecule has 0 aliphatic heterocycles. The van der Waals surface area contributed by atoms with Gasteiger partial charge >= 0.3 is 0 Å². The standard InChI is InChI=1S/C18H24.C11H16.C4H8.C2H4/c1-2-5-10-15(9-4-1)18-14-8-12-16-11-6-3-7-13-17(16)18;1-9-5-7-10(8-6-9)11(2,3)4;1-3-4-2;1-2/h3,6-7,13-15H,1-2,4-5,8-12H2;5-8H,1-4H3;3-4H,1-2H3;1-2H2/b;;4-3+;. The number of rotatable bonds is 1. The summed E-state index contributed by atoms with van der Waals surface area (Å²) in [5, 5.41) is 0. The number of aryl methyl sites for hydroxylation is 1. The van der Waals surface area contributed by atoms with E-state index < -0.39 is 0 Å². The third-order valence-corrected chi connectivity index (χ3v) is 6.92. The number of hydrogen-bond acceptors (Lipinski definition) is 0. The largest absolute Gasteiger partial charge is 0.106 e. The Morgan fingerprint density at radius 2 is 1.46 bits per heavy atom. The van der Waals surface area contributed by atoms with E-state index in [1.165, 1.54) is 68.9 Å². The highest BCUT2D eigenvalue weighted by Gasteiger charge is 2.22. The average molecular weight is 473 g/mol. The lowest BCUT2D eigenvalue weighted by atomic mass is 9.80. The van der Waals surface area contributed by atoms with Crippen LogP contribution in [0.4, 0.5) is 0 Å². The van der Waals surface area contributed by atoms with Crippen LogP contribution in [-0.2, 0) is 5.41 Å². The molecule has 0 bridgehead atoms. The van der Waals surface area contributed by atoms with Crippen molar-refractivity contribution in [2.45, 2.75) is 105 Å². The van der Waals surface area contributed by atoms with Crippen LogP contribution in [0.3, 0.4) is 0 Å². The van der Waals surface area contributed by atoms with Crippen LogP contribution < -0.4 is 0 Å². The van der Waals surface area contributed by atoms with Crippen LogP contribution in [0.2, 0.25) is 0 Å². The topological polar surface area (TPSA) is 0 Å². The van der Waals surface area contributed by atoms with Crippen molar-refractivity contribution in [2.24, 2.45) is 5.92 Å². The lowest BCUT2D eigenvalue weighted by molar-refractivity contribution is 0.530. The second-order valence-corrected chi connectivity index (χ2v) is 10.7. The van der Waals surface area contributed by atoms with Crippen LogP contribution >= 0.6 is 0 Å². The maximum absolute atomic E-state index is 3.00. The molecule has 0 unspecified atom stereocenters. The van der Waals surface area contributed by atoms with Gasteiger partial charge in [-0.05, 0) is 80.9 Å². The smallest absolute Gasteiger partial charge is 0.0126 e. The monoisotopic (exact) mass is 472 g/mol. The molecule has 0 saturated heterocycles. The summed E-state index contributed by atoms with van der Waals surface area (Å²) in [5.74, 6) is 0.848. The minimum Gasteiger partial charge on any atom is -0.106 e. The Morgan fingerprint density at radius 3 is 2.00 bits per heavy atom. The molecular weight excluding hydrogens is 420 g/mol. The Labute approximate surface area is 218 Å². The molecule has 192 valence electrons. The molecule has 1 aromatic carbocycles. The maximum atomic E-state index is 3.00. The summed E-state index contributed by atoms with van der Waals surface area (Å²) < 4.78 is 0. The van der Waals surface area contributed by atoms with Crippen LogP contribution in [0.15, 0.2) is 96.7 Å². The fourth-order valence-electron chi connectivity index (χ4n) is 4.75. The minimum absolute atomic E-state index is 0.285. The summed E-state index contributed by atoms with van der Waals surface area (Å²) >= 11 is 0. The van der Waals surface area contributed by atoms with Crippen molar-refractivity contribution in [3.63, 3.8) is 0 Å². The summed E-state index contributed by atoms with van der Waals surface area (Å²) in [6.45, 7) is 18.8. The molecule has 0 radical (unpaired) electrons. The van der Waals surface area contributed by atoms with Gasteiger partial charge in [0.1, 0.15) is 0 Å². The lowest BCUT2D eigenvalue weighted by Gasteiger charge is -2.25.